The molecule has 3 aromatic carbocycles. The van der Waals surface area contributed by atoms with E-state index in [0.29, 0.717) is 126 Å². The first-order valence-corrected chi connectivity index (χ1v) is 28.3. The minimum Gasteiger partial charge on any atom is -0.409 e. The summed E-state index contributed by atoms with van der Waals surface area (Å²) in [5.74, 6) is -0.985. The zero-order valence-electron chi connectivity index (χ0n) is 44.6. The Bertz CT molecular complexity index is 3330. The van der Waals surface area contributed by atoms with E-state index in [1.54, 1.807) is 21.9 Å². The number of Topliss-reactive ketones (excluding diaryl/α,β-unsaturated/α-hetero) is 1. The smallest absolute Gasteiger partial charge is 0.409 e. The number of halogens is 1. The van der Waals surface area contributed by atoms with Crippen molar-refractivity contribution in [3.8, 4) is 5.75 Å². The average molecular weight is 1130 g/mol. The molecular formula is C57H64ClN9O12S. The van der Waals surface area contributed by atoms with Crippen molar-refractivity contribution in [3.63, 3.8) is 0 Å². The lowest BCUT2D eigenvalue weighted by Gasteiger charge is -2.31. The lowest BCUT2D eigenvalue weighted by Crippen LogP contribution is -2.48. The Balaban J connectivity index is 0.630. The summed E-state index contributed by atoms with van der Waals surface area (Å²) < 4.78 is 29.0. The number of anilines is 2. The first-order valence-electron chi connectivity index (χ1n) is 26.9. The molecule has 2 saturated heterocycles. The van der Waals surface area contributed by atoms with Gasteiger partial charge in [0.25, 0.3) is 23.6 Å². The molecule has 21 nitrogen and oxygen atoms in total. The lowest BCUT2D eigenvalue weighted by atomic mass is 9.97. The number of ketones is 1. The van der Waals surface area contributed by atoms with Crippen LogP contribution in [0.3, 0.4) is 0 Å². The SMILES string of the molecule is Cc1csc2c(OC(=O)N3CCN(C)CC3)cc3c(c12)[C@H](CCl)CN3C(=O)c1cc2cc(NC(=O)c3cc4cc(C5NC5CC(=O)CCOCCOCCOCCOCCNC(=O)CCN5C(=O)C=CC5=O)ccc4[nH]3)ccc2[nH]1. The number of amides is 6. The van der Waals surface area contributed by atoms with Gasteiger partial charge in [-0.25, -0.2) is 4.79 Å². The number of imide groups is 1. The first kappa shape index (κ1) is 56.3. The fourth-order valence-electron chi connectivity index (χ4n) is 10.3. The predicted molar refractivity (Wildman–Crippen MR) is 302 cm³/mol. The van der Waals surface area contributed by atoms with Crippen LogP contribution in [-0.2, 0) is 38.1 Å². The van der Waals surface area contributed by atoms with Gasteiger partial charge in [0.1, 0.15) is 17.2 Å². The first-order chi connectivity index (χ1) is 38.8. The van der Waals surface area contributed by atoms with E-state index in [1.807, 2.05) is 61.8 Å². The van der Waals surface area contributed by atoms with Crippen LogP contribution < -0.4 is 25.6 Å². The Morgan fingerprint density at radius 2 is 1.44 bits per heavy atom. The van der Waals surface area contributed by atoms with Crippen molar-refractivity contribution in [2.24, 2.45) is 0 Å². The van der Waals surface area contributed by atoms with E-state index in [4.69, 9.17) is 35.3 Å². The van der Waals surface area contributed by atoms with Gasteiger partial charge in [0, 0.05) is 140 Å². The van der Waals surface area contributed by atoms with E-state index < -0.39 is 17.9 Å². The van der Waals surface area contributed by atoms with Crippen molar-refractivity contribution >= 4 is 108 Å². The van der Waals surface area contributed by atoms with Crippen LogP contribution in [-0.4, -0.2) is 184 Å². The largest absolute Gasteiger partial charge is 0.415 e. The van der Waals surface area contributed by atoms with Gasteiger partial charge < -0.3 is 64.3 Å². The maximum atomic E-state index is 14.5. The maximum Gasteiger partial charge on any atom is 0.415 e. The summed E-state index contributed by atoms with van der Waals surface area (Å²) >= 11 is 8.11. The highest BCUT2D eigenvalue weighted by molar-refractivity contribution is 7.17. The Kier molecular flexibility index (Phi) is 18.0. The topological polar surface area (TPSA) is 256 Å². The van der Waals surface area contributed by atoms with Gasteiger partial charge in [0.15, 0.2) is 5.75 Å². The monoisotopic (exact) mass is 1130 g/mol. The molecule has 0 bridgehead atoms. The number of nitrogens with zero attached hydrogens (tertiary/aromatic N) is 4. The molecule has 6 aromatic rings. The fraction of sp³-hybridized carbons (Fsp3) is 0.421. The number of aromatic nitrogens is 2. The van der Waals surface area contributed by atoms with Gasteiger partial charge in [-0.3, -0.25) is 33.7 Å². The third-order valence-electron chi connectivity index (χ3n) is 14.7. The number of aryl methyl sites for hydroxylation is 1. The number of carbonyl (C=O) groups is 7. The Morgan fingerprint density at radius 1 is 0.775 bits per heavy atom. The molecule has 3 atom stereocenters. The van der Waals surface area contributed by atoms with Crippen molar-refractivity contribution in [2.45, 2.75) is 44.2 Å². The molecule has 0 saturated carbocycles. The van der Waals surface area contributed by atoms with E-state index in [2.05, 4.69) is 30.8 Å². The number of aromatic amines is 2. The molecule has 0 spiro atoms. The maximum absolute atomic E-state index is 14.5. The van der Waals surface area contributed by atoms with Crippen LogP contribution in [0, 0.1) is 6.92 Å². The van der Waals surface area contributed by atoms with Gasteiger partial charge in [-0.2, -0.15) is 0 Å². The summed E-state index contributed by atoms with van der Waals surface area (Å²) in [6, 6.07) is 16.8. The van der Waals surface area contributed by atoms with Gasteiger partial charge >= 0.3 is 6.09 Å². The number of ether oxygens (including phenoxy) is 5. The zero-order valence-corrected chi connectivity index (χ0v) is 46.1. The summed E-state index contributed by atoms with van der Waals surface area (Å²) in [6.07, 6.45) is 2.66. The molecule has 2 unspecified atom stereocenters. The molecule has 4 aliphatic heterocycles. The number of fused-ring (bicyclic) bond motifs is 5. The third-order valence-corrected chi connectivity index (χ3v) is 16.2. The highest BCUT2D eigenvalue weighted by Crippen LogP contribution is 2.49. The predicted octanol–water partition coefficient (Wildman–Crippen LogP) is 6.01. The van der Waals surface area contributed by atoms with E-state index in [9.17, 15) is 33.6 Å². The number of hydrogen-bond donors (Lipinski definition) is 5. The van der Waals surface area contributed by atoms with Crippen LogP contribution in [0.1, 0.15) is 68.9 Å². The molecule has 23 heteroatoms. The number of thiophene rings is 1. The molecule has 10 rings (SSSR count). The van der Waals surface area contributed by atoms with Crippen molar-refractivity contribution in [1.29, 1.82) is 0 Å². The number of likely N-dealkylation sites (N-methyl/N-ethyl adjacent to an activating group) is 1. The molecule has 4 aliphatic rings. The van der Waals surface area contributed by atoms with Crippen LogP contribution in [0.15, 0.2) is 72.1 Å². The number of hydrogen-bond acceptors (Lipinski definition) is 15. The lowest BCUT2D eigenvalue weighted by molar-refractivity contribution is -0.137. The number of benzene rings is 3. The second-order valence-corrected chi connectivity index (χ2v) is 21.5. The molecule has 5 N–H and O–H groups in total. The summed E-state index contributed by atoms with van der Waals surface area (Å²) in [5.41, 5.74) is 6.51. The van der Waals surface area contributed by atoms with Gasteiger partial charge in [-0.05, 0) is 78.5 Å². The zero-order chi connectivity index (χ0) is 55.9. The van der Waals surface area contributed by atoms with E-state index in [-0.39, 0.29) is 54.5 Å². The molecule has 7 heterocycles. The minimum atomic E-state index is -0.414. The quantitative estimate of drug-likeness (QED) is 0.0180. The van der Waals surface area contributed by atoms with Crippen molar-refractivity contribution in [2.75, 3.05) is 122 Å². The van der Waals surface area contributed by atoms with Gasteiger partial charge in [0.05, 0.1) is 63.2 Å². The van der Waals surface area contributed by atoms with Crippen LogP contribution >= 0.6 is 22.9 Å². The molecule has 6 amide bonds. The van der Waals surface area contributed by atoms with Crippen molar-refractivity contribution in [3.05, 3.63) is 100 Å². The standard InChI is InChI=1S/C57H64ClN9O12S/c1-34-33-80-54-47(79-57(74)65-15-13-64(2)14-16-65)30-46-52(51(34)54)38(31-58)32-67(46)56(73)45-28-37-26-39(4-6-42(37)62-45)60-55(72)44-27-36-25-35(3-5-41(36)61-44)53-43(63-53)29-40(68)10-17-75-19-21-77-23-24-78-22-20-76-18-11-59-48(69)9-12-66-49(70)7-8-50(66)71/h3-8,25-28,30,33,38,43,53,61-63H,9-24,29,31-32H2,1-2H3,(H,59,69)(H,60,72)/t38-,43?,53?/m1/s1. The average Bonchev–Trinajstić information content (AvgIpc) is 3.98. The second-order valence-electron chi connectivity index (χ2n) is 20.3. The molecule has 3 aromatic heterocycles. The number of carbonyl (C=O) groups excluding carboxylic acids is 7. The second kappa shape index (κ2) is 25.6. The highest BCUT2D eigenvalue weighted by Gasteiger charge is 2.39. The van der Waals surface area contributed by atoms with Crippen molar-refractivity contribution < 1.29 is 57.2 Å². The summed E-state index contributed by atoms with van der Waals surface area (Å²) in [5, 5.41) is 13.7. The van der Waals surface area contributed by atoms with Crippen molar-refractivity contribution in [1.82, 2.24) is 35.3 Å². The van der Waals surface area contributed by atoms with Crippen LogP contribution in [0.4, 0.5) is 16.2 Å². The number of piperazine rings is 1. The Morgan fingerprint density at radius 3 is 2.16 bits per heavy atom. The third kappa shape index (κ3) is 13.2. The minimum absolute atomic E-state index is 0.0120. The van der Waals surface area contributed by atoms with Crippen LogP contribution in [0.2, 0.25) is 0 Å². The van der Waals surface area contributed by atoms with Gasteiger partial charge in [0.2, 0.25) is 5.91 Å². The van der Waals surface area contributed by atoms with E-state index in [1.165, 1.54) is 23.5 Å². The number of alkyl halides is 1. The molecule has 80 heavy (non-hydrogen) atoms. The normalized spacial score (nSPS) is 18.0. The molecule has 0 aliphatic carbocycles. The Hall–Kier alpha value is -7.02. The number of nitrogens with one attached hydrogen (secondary N) is 5. The van der Waals surface area contributed by atoms with Gasteiger partial charge in [-0.1, -0.05) is 6.07 Å². The highest BCUT2D eigenvalue weighted by atomic mass is 35.5. The Labute approximate surface area is 470 Å². The summed E-state index contributed by atoms with van der Waals surface area (Å²) in [6.45, 7) is 8.15. The van der Waals surface area contributed by atoms with E-state index in [0.717, 1.165) is 66.6 Å². The van der Waals surface area contributed by atoms with Gasteiger partial charge in [-0.15, -0.1) is 22.9 Å². The fourth-order valence-corrected chi connectivity index (χ4v) is 11.5. The molecular weight excluding hydrogens is 1070 g/mol. The van der Waals surface area contributed by atoms with Crippen LogP contribution in [0.5, 0.6) is 5.75 Å². The molecule has 422 valence electrons. The summed E-state index contributed by atoms with van der Waals surface area (Å²) in [7, 11) is 2.03. The van der Waals surface area contributed by atoms with Crippen LogP contribution in [0.25, 0.3) is 31.9 Å². The number of rotatable bonds is 26. The molecule has 2 fully saturated rings. The number of H-pyrrole nitrogens is 2. The van der Waals surface area contributed by atoms with E-state index >= 15 is 0 Å². The molecule has 0 radical (unpaired) electrons. The summed E-state index contributed by atoms with van der Waals surface area (Å²) in [4.78, 5) is 102.